The summed E-state index contributed by atoms with van der Waals surface area (Å²) in [5.74, 6) is -0.0863. The van der Waals surface area contributed by atoms with Gasteiger partial charge in [0.1, 0.15) is 11.3 Å². The highest BCUT2D eigenvalue weighted by Crippen LogP contribution is 2.26. The van der Waals surface area contributed by atoms with Crippen molar-refractivity contribution in [2.45, 2.75) is 26.2 Å². The standard InChI is InChI=1S/C14H17NO6/c1-2-20-14(17)8-3-4-9-21-13-7-5-6-12(15(18)19)11(13)10-16/h5-7,10H,2-4,8-9H2,1H3. The molecule has 114 valence electrons. The Morgan fingerprint density at radius 1 is 1.38 bits per heavy atom. The highest BCUT2D eigenvalue weighted by molar-refractivity contribution is 5.85. The molecule has 0 unspecified atom stereocenters. The number of nitrogens with zero attached hydrogens (tertiary/aromatic N) is 1. The Bertz CT molecular complexity index is 514. The van der Waals surface area contributed by atoms with Gasteiger partial charge in [-0.3, -0.25) is 19.7 Å². The van der Waals surface area contributed by atoms with Crippen LogP contribution in [0.4, 0.5) is 5.69 Å². The van der Waals surface area contributed by atoms with E-state index in [2.05, 4.69) is 0 Å². The molecule has 0 heterocycles. The second-order valence-corrected chi connectivity index (χ2v) is 4.17. The van der Waals surface area contributed by atoms with Crippen LogP contribution in [0.2, 0.25) is 0 Å². The Morgan fingerprint density at radius 3 is 2.76 bits per heavy atom. The van der Waals surface area contributed by atoms with E-state index in [9.17, 15) is 19.7 Å². The number of aldehydes is 1. The lowest BCUT2D eigenvalue weighted by molar-refractivity contribution is -0.385. The first kappa shape index (κ1) is 16.6. The molecule has 7 heteroatoms. The molecule has 0 aliphatic heterocycles. The Balaban J connectivity index is 2.49. The quantitative estimate of drug-likeness (QED) is 0.228. The summed E-state index contributed by atoms with van der Waals surface area (Å²) in [6, 6.07) is 4.21. The summed E-state index contributed by atoms with van der Waals surface area (Å²) >= 11 is 0. The molecule has 1 rings (SSSR count). The molecule has 0 N–H and O–H groups in total. The van der Waals surface area contributed by atoms with Gasteiger partial charge in [-0.15, -0.1) is 0 Å². The Morgan fingerprint density at radius 2 is 2.14 bits per heavy atom. The van der Waals surface area contributed by atoms with E-state index in [0.29, 0.717) is 32.2 Å². The predicted molar refractivity (Wildman–Crippen MR) is 74.5 cm³/mol. The number of hydrogen-bond donors (Lipinski definition) is 0. The van der Waals surface area contributed by atoms with Crippen molar-refractivity contribution in [2.24, 2.45) is 0 Å². The molecule has 1 aromatic carbocycles. The van der Waals surface area contributed by atoms with Gasteiger partial charge in [0.25, 0.3) is 5.69 Å². The number of carbonyl (C=O) groups excluding carboxylic acids is 2. The van der Waals surface area contributed by atoms with Gasteiger partial charge in [-0.05, 0) is 25.8 Å². The van der Waals surface area contributed by atoms with Gasteiger partial charge in [0, 0.05) is 12.5 Å². The molecule has 1 aromatic rings. The summed E-state index contributed by atoms with van der Waals surface area (Å²) in [4.78, 5) is 32.2. The van der Waals surface area contributed by atoms with E-state index in [-0.39, 0.29) is 29.6 Å². The zero-order valence-electron chi connectivity index (χ0n) is 11.7. The molecule has 0 fully saturated rings. The van der Waals surface area contributed by atoms with Gasteiger partial charge < -0.3 is 9.47 Å². The Labute approximate surface area is 122 Å². The number of ether oxygens (including phenoxy) is 2. The third-order valence-electron chi connectivity index (χ3n) is 2.70. The number of carbonyl (C=O) groups is 2. The number of esters is 1. The number of hydrogen-bond acceptors (Lipinski definition) is 6. The largest absolute Gasteiger partial charge is 0.493 e. The number of unbranched alkanes of at least 4 members (excludes halogenated alkanes) is 1. The van der Waals surface area contributed by atoms with Crippen LogP contribution in [0.15, 0.2) is 18.2 Å². The Kier molecular flexibility index (Phi) is 6.86. The summed E-state index contributed by atoms with van der Waals surface area (Å²) in [5.41, 5.74) is -0.359. The van der Waals surface area contributed by atoms with Gasteiger partial charge in [-0.25, -0.2) is 0 Å². The number of rotatable bonds is 9. The average molecular weight is 295 g/mol. The smallest absolute Gasteiger partial charge is 0.305 e. The average Bonchev–Trinajstić information content (AvgIpc) is 2.46. The molecule has 0 bridgehead atoms. The van der Waals surface area contributed by atoms with Crippen LogP contribution in [0.1, 0.15) is 36.5 Å². The molecule has 0 saturated carbocycles. The summed E-state index contributed by atoms with van der Waals surface area (Å²) in [6.45, 7) is 2.36. The molecule has 21 heavy (non-hydrogen) atoms. The second kappa shape index (κ2) is 8.68. The maximum Gasteiger partial charge on any atom is 0.305 e. The van der Waals surface area contributed by atoms with Gasteiger partial charge >= 0.3 is 5.97 Å². The fraction of sp³-hybridized carbons (Fsp3) is 0.429. The minimum atomic E-state index is -0.628. The van der Waals surface area contributed by atoms with Gasteiger partial charge in [-0.2, -0.15) is 0 Å². The van der Waals surface area contributed by atoms with Crippen molar-refractivity contribution >= 4 is 17.9 Å². The van der Waals surface area contributed by atoms with Gasteiger partial charge in [-0.1, -0.05) is 6.07 Å². The van der Waals surface area contributed by atoms with E-state index in [1.54, 1.807) is 6.92 Å². The van der Waals surface area contributed by atoms with Crippen molar-refractivity contribution in [1.82, 2.24) is 0 Å². The highest BCUT2D eigenvalue weighted by atomic mass is 16.6. The summed E-state index contributed by atoms with van der Waals surface area (Å²) in [6.07, 6.45) is 1.88. The molecular formula is C14H17NO6. The monoisotopic (exact) mass is 295 g/mol. The van der Waals surface area contributed by atoms with E-state index < -0.39 is 4.92 Å². The van der Waals surface area contributed by atoms with Crippen molar-refractivity contribution in [2.75, 3.05) is 13.2 Å². The molecule has 0 radical (unpaired) electrons. The molecule has 0 amide bonds. The summed E-state index contributed by atoms with van der Waals surface area (Å²) in [7, 11) is 0. The van der Waals surface area contributed by atoms with Crippen LogP contribution in [0.25, 0.3) is 0 Å². The van der Waals surface area contributed by atoms with E-state index in [0.717, 1.165) is 0 Å². The zero-order valence-corrected chi connectivity index (χ0v) is 11.7. The SMILES string of the molecule is CCOC(=O)CCCCOc1cccc([N+](=O)[O-])c1C=O. The van der Waals surface area contributed by atoms with Crippen molar-refractivity contribution in [3.63, 3.8) is 0 Å². The minimum absolute atomic E-state index is 0.0760. The van der Waals surface area contributed by atoms with Crippen molar-refractivity contribution in [3.8, 4) is 5.75 Å². The fourth-order valence-electron chi connectivity index (χ4n) is 1.72. The zero-order chi connectivity index (χ0) is 15.7. The van der Waals surface area contributed by atoms with Crippen molar-refractivity contribution in [3.05, 3.63) is 33.9 Å². The summed E-state index contributed by atoms with van der Waals surface area (Å²) in [5, 5.41) is 10.8. The lowest BCUT2D eigenvalue weighted by atomic mass is 10.2. The van der Waals surface area contributed by atoms with Gasteiger partial charge in [0.2, 0.25) is 0 Å². The second-order valence-electron chi connectivity index (χ2n) is 4.17. The molecule has 0 aromatic heterocycles. The minimum Gasteiger partial charge on any atom is -0.493 e. The maximum atomic E-state index is 11.1. The van der Waals surface area contributed by atoms with Gasteiger partial charge in [0.15, 0.2) is 6.29 Å². The van der Waals surface area contributed by atoms with E-state index in [1.807, 2.05) is 0 Å². The fourth-order valence-corrected chi connectivity index (χ4v) is 1.72. The van der Waals surface area contributed by atoms with Crippen LogP contribution in [0.5, 0.6) is 5.75 Å². The normalized spacial score (nSPS) is 9.95. The molecule has 0 saturated heterocycles. The van der Waals surface area contributed by atoms with Crippen LogP contribution >= 0.6 is 0 Å². The van der Waals surface area contributed by atoms with Crippen LogP contribution in [0.3, 0.4) is 0 Å². The van der Waals surface area contributed by atoms with Crippen LogP contribution in [-0.4, -0.2) is 30.4 Å². The number of nitro benzene ring substituents is 1. The van der Waals surface area contributed by atoms with E-state index in [1.165, 1.54) is 18.2 Å². The van der Waals surface area contributed by atoms with Crippen LogP contribution in [0, 0.1) is 10.1 Å². The third kappa shape index (κ3) is 5.21. The highest BCUT2D eigenvalue weighted by Gasteiger charge is 2.17. The molecule has 0 aliphatic carbocycles. The topological polar surface area (TPSA) is 95.7 Å². The van der Waals surface area contributed by atoms with Crippen molar-refractivity contribution in [1.29, 1.82) is 0 Å². The van der Waals surface area contributed by atoms with Gasteiger partial charge in [0.05, 0.1) is 18.1 Å². The van der Waals surface area contributed by atoms with Crippen molar-refractivity contribution < 1.29 is 24.0 Å². The molecule has 0 atom stereocenters. The Hall–Kier alpha value is -2.44. The van der Waals surface area contributed by atoms with E-state index >= 15 is 0 Å². The number of benzene rings is 1. The molecule has 0 spiro atoms. The lowest BCUT2D eigenvalue weighted by Gasteiger charge is -2.08. The third-order valence-corrected chi connectivity index (χ3v) is 2.70. The first-order chi connectivity index (χ1) is 10.1. The lowest BCUT2D eigenvalue weighted by Crippen LogP contribution is -2.06. The summed E-state index contributed by atoms with van der Waals surface area (Å²) < 4.78 is 10.2. The number of nitro groups is 1. The van der Waals surface area contributed by atoms with E-state index in [4.69, 9.17) is 9.47 Å². The molecular weight excluding hydrogens is 278 g/mol. The predicted octanol–water partition coefficient (Wildman–Crippen LogP) is 2.52. The van der Waals surface area contributed by atoms with Crippen LogP contribution < -0.4 is 4.74 Å². The first-order valence-corrected chi connectivity index (χ1v) is 6.61. The molecule has 0 aliphatic rings. The first-order valence-electron chi connectivity index (χ1n) is 6.61. The van der Waals surface area contributed by atoms with Crippen LogP contribution in [-0.2, 0) is 9.53 Å². The maximum absolute atomic E-state index is 11.1. The molecule has 7 nitrogen and oxygen atoms in total.